The third kappa shape index (κ3) is 4.46. The molecule has 0 radical (unpaired) electrons. The molecule has 1 aromatic carbocycles. The number of hydrogen-bond acceptors (Lipinski definition) is 3. The Morgan fingerprint density at radius 3 is 2.47 bits per heavy atom. The van der Waals surface area contributed by atoms with Gasteiger partial charge in [-0.3, -0.25) is 0 Å². The summed E-state index contributed by atoms with van der Waals surface area (Å²) >= 11 is 5.87. The lowest BCUT2D eigenvalue weighted by Crippen LogP contribution is -2.43. The highest BCUT2D eigenvalue weighted by Crippen LogP contribution is 2.23. The van der Waals surface area contributed by atoms with Gasteiger partial charge in [0, 0.05) is 24.2 Å². The van der Waals surface area contributed by atoms with Crippen LogP contribution in [0.1, 0.15) is 37.8 Å². The molecule has 1 heterocycles. The van der Waals surface area contributed by atoms with E-state index in [1.165, 1.54) is 0 Å². The van der Waals surface area contributed by atoms with E-state index in [9.17, 15) is 5.11 Å². The van der Waals surface area contributed by atoms with Crippen molar-refractivity contribution in [2.75, 3.05) is 19.6 Å². The van der Waals surface area contributed by atoms with Gasteiger partial charge in [-0.1, -0.05) is 23.7 Å². The van der Waals surface area contributed by atoms with Crippen molar-refractivity contribution in [1.29, 1.82) is 0 Å². The van der Waals surface area contributed by atoms with E-state index >= 15 is 0 Å². The van der Waals surface area contributed by atoms with E-state index in [2.05, 4.69) is 4.90 Å². The molecular formula is C15H23ClN2O. The van der Waals surface area contributed by atoms with Crippen molar-refractivity contribution in [2.24, 2.45) is 5.73 Å². The van der Waals surface area contributed by atoms with Crippen molar-refractivity contribution >= 4 is 11.6 Å². The van der Waals surface area contributed by atoms with Crippen LogP contribution in [0.25, 0.3) is 0 Å². The van der Waals surface area contributed by atoms with Crippen LogP contribution in [-0.2, 0) is 0 Å². The molecular weight excluding hydrogens is 260 g/mol. The van der Waals surface area contributed by atoms with Gasteiger partial charge in [-0.05, 0) is 50.4 Å². The predicted octanol–water partition coefficient (Wildman–Crippen LogP) is 2.58. The molecule has 0 bridgehead atoms. The molecule has 106 valence electrons. The molecule has 0 amide bonds. The van der Waals surface area contributed by atoms with Crippen molar-refractivity contribution in [1.82, 2.24) is 4.90 Å². The number of nitrogens with zero attached hydrogens (tertiary/aromatic N) is 1. The summed E-state index contributed by atoms with van der Waals surface area (Å²) in [5, 5.41) is 10.7. The van der Waals surface area contributed by atoms with Crippen molar-refractivity contribution in [3.8, 4) is 0 Å². The normalized spacial score (nSPS) is 21.3. The molecule has 1 fully saturated rings. The van der Waals surface area contributed by atoms with Gasteiger partial charge in [0.1, 0.15) is 0 Å². The number of halogens is 1. The summed E-state index contributed by atoms with van der Waals surface area (Å²) in [6.07, 6.45) is 2.64. The molecule has 0 saturated carbocycles. The predicted molar refractivity (Wildman–Crippen MR) is 79.3 cm³/mol. The van der Waals surface area contributed by atoms with E-state index < -0.39 is 5.60 Å². The van der Waals surface area contributed by atoms with Crippen LogP contribution in [0.3, 0.4) is 0 Å². The third-order valence-corrected chi connectivity index (χ3v) is 4.24. The maximum Gasteiger partial charge on any atom is 0.0644 e. The van der Waals surface area contributed by atoms with E-state index in [1.54, 1.807) is 0 Å². The number of piperidine rings is 1. The van der Waals surface area contributed by atoms with Gasteiger partial charge < -0.3 is 15.7 Å². The first-order valence-electron chi connectivity index (χ1n) is 6.92. The van der Waals surface area contributed by atoms with Crippen LogP contribution in [0.4, 0.5) is 0 Å². The molecule has 0 aliphatic carbocycles. The summed E-state index contributed by atoms with van der Waals surface area (Å²) in [6, 6.07) is 7.81. The van der Waals surface area contributed by atoms with Crippen LogP contribution in [0.2, 0.25) is 5.02 Å². The van der Waals surface area contributed by atoms with Gasteiger partial charge in [0.25, 0.3) is 0 Å². The zero-order chi connectivity index (χ0) is 13.9. The highest BCUT2D eigenvalue weighted by Gasteiger charge is 2.27. The average molecular weight is 283 g/mol. The maximum absolute atomic E-state index is 9.91. The lowest BCUT2D eigenvalue weighted by Gasteiger charge is -2.36. The first kappa shape index (κ1) is 14.8. The SMILES string of the molecule is CC1(O)CCN(CCC(N)c2ccc(Cl)cc2)CC1. The quantitative estimate of drug-likeness (QED) is 0.892. The lowest BCUT2D eigenvalue weighted by atomic mass is 9.93. The Morgan fingerprint density at radius 1 is 1.32 bits per heavy atom. The summed E-state index contributed by atoms with van der Waals surface area (Å²) in [5.74, 6) is 0. The van der Waals surface area contributed by atoms with E-state index in [0.717, 1.165) is 49.5 Å². The topological polar surface area (TPSA) is 49.5 Å². The van der Waals surface area contributed by atoms with Gasteiger partial charge in [0.05, 0.1) is 5.60 Å². The molecule has 4 heteroatoms. The molecule has 0 aromatic heterocycles. The maximum atomic E-state index is 9.91. The molecule has 0 spiro atoms. The number of nitrogens with two attached hydrogens (primary N) is 1. The summed E-state index contributed by atoms with van der Waals surface area (Å²) in [4.78, 5) is 2.38. The molecule has 1 aliphatic rings. The Bertz CT molecular complexity index is 395. The molecule has 19 heavy (non-hydrogen) atoms. The molecule has 1 unspecified atom stereocenters. The van der Waals surface area contributed by atoms with Crippen molar-refractivity contribution < 1.29 is 5.11 Å². The molecule has 2 rings (SSSR count). The number of hydrogen-bond donors (Lipinski definition) is 2. The largest absolute Gasteiger partial charge is 0.390 e. The van der Waals surface area contributed by atoms with Gasteiger partial charge in [-0.2, -0.15) is 0 Å². The van der Waals surface area contributed by atoms with Crippen LogP contribution in [0, 0.1) is 0 Å². The summed E-state index contributed by atoms with van der Waals surface area (Å²) in [5.41, 5.74) is 6.85. The van der Waals surface area contributed by atoms with Crippen LogP contribution in [0.5, 0.6) is 0 Å². The first-order chi connectivity index (χ1) is 8.96. The Morgan fingerprint density at radius 2 is 1.89 bits per heavy atom. The number of aliphatic hydroxyl groups is 1. The van der Waals surface area contributed by atoms with E-state index in [4.69, 9.17) is 17.3 Å². The van der Waals surface area contributed by atoms with E-state index in [-0.39, 0.29) is 6.04 Å². The Labute approximate surface area is 120 Å². The Hall–Kier alpha value is -0.610. The molecule has 1 aliphatic heterocycles. The standard InChI is InChI=1S/C15H23ClN2O/c1-15(19)7-10-18(11-8-15)9-6-14(17)12-2-4-13(16)5-3-12/h2-5,14,19H,6-11,17H2,1H3. The molecule has 3 N–H and O–H groups in total. The summed E-state index contributed by atoms with van der Waals surface area (Å²) < 4.78 is 0. The Balaban J connectivity index is 1.78. The number of likely N-dealkylation sites (tertiary alicyclic amines) is 1. The van der Waals surface area contributed by atoms with Gasteiger partial charge >= 0.3 is 0 Å². The minimum atomic E-state index is -0.477. The minimum absolute atomic E-state index is 0.0553. The van der Waals surface area contributed by atoms with Gasteiger partial charge in [0.15, 0.2) is 0 Å². The average Bonchev–Trinajstić information content (AvgIpc) is 2.38. The lowest BCUT2D eigenvalue weighted by molar-refractivity contribution is -0.00576. The minimum Gasteiger partial charge on any atom is -0.390 e. The van der Waals surface area contributed by atoms with Crippen LogP contribution >= 0.6 is 11.6 Å². The second kappa shape index (κ2) is 6.23. The van der Waals surface area contributed by atoms with E-state index in [1.807, 2.05) is 31.2 Å². The number of rotatable bonds is 4. The second-order valence-electron chi connectivity index (χ2n) is 5.79. The van der Waals surface area contributed by atoms with Gasteiger partial charge in [-0.15, -0.1) is 0 Å². The third-order valence-electron chi connectivity index (χ3n) is 3.99. The monoisotopic (exact) mass is 282 g/mol. The Kier molecular flexibility index (Phi) is 4.85. The van der Waals surface area contributed by atoms with Crippen molar-refractivity contribution in [3.05, 3.63) is 34.9 Å². The zero-order valence-corrected chi connectivity index (χ0v) is 12.2. The van der Waals surface area contributed by atoms with Crippen LogP contribution < -0.4 is 5.73 Å². The van der Waals surface area contributed by atoms with Crippen LogP contribution in [0.15, 0.2) is 24.3 Å². The van der Waals surface area contributed by atoms with Gasteiger partial charge in [0.2, 0.25) is 0 Å². The zero-order valence-electron chi connectivity index (χ0n) is 11.5. The second-order valence-corrected chi connectivity index (χ2v) is 6.22. The fourth-order valence-corrected chi connectivity index (χ4v) is 2.58. The van der Waals surface area contributed by atoms with Crippen LogP contribution in [-0.4, -0.2) is 35.2 Å². The number of benzene rings is 1. The smallest absolute Gasteiger partial charge is 0.0644 e. The molecule has 1 atom stereocenters. The highest BCUT2D eigenvalue weighted by molar-refractivity contribution is 6.30. The first-order valence-corrected chi connectivity index (χ1v) is 7.30. The fourth-order valence-electron chi connectivity index (χ4n) is 2.46. The highest BCUT2D eigenvalue weighted by atomic mass is 35.5. The van der Waals surface area contributed by atoms with Crippen molar-refractivity contribution in [2.45, 2.75) is 37.8 Å². The molecule has 3 nitrogen and oxygen atoms in total. The molecule has 1 saturated heterocycles. The molecule has 1 aromatic rings. The van der Waals surface area contributed by atoms with Crippen molar-refractivity contribution in [3.63, 3.8) is 0 Å². The summed E-state index contributed by atoms with van der Waals surface area (Å²) in [6.45, 7) is 4.82. The van der Waals surface area contributed by atoms with E-state index in [0.29, 0.717) is 0 Å². The summed E-state index contributed by atoms with van der Waals surface area (Å²) in [7, 11) is 0. The fraction of sp³-hybridized carbons (Fsp3) is 0.600. The van der Waals surface area contributed by atoms with Gasteiger partial charge in [-0.25, -0.2) is 0 Å².